The Morgan fingerprint density at radius 1 is 1.05 bits per heavy atom. The zero-order valence-corrected chi connectivity index (χ0v) is 12.8. The van der Waals surface area contributed by atoms with E-state index < -0.39 is 0 Å². The van der Waals surface area contributed by atoms with Gasteiger partial charge in [-0.3, -0.25) is 9.69 Å². The van der Waals surface area contributed by atoms with E-state index in [0.29, 0.717) is 18.6 Å². The van der Waals surface area contributed by atoms with Crippen molar-refractivity contribution in [1.82, 2.24) is 10.2 Å². The maximum absolute atomic E-state index is 12.2. The Morgan fingerprint density at radius 2 is 1.76 bits per heavy atom. The van der Waals surface area contributed by atoms with Gasteiger partial charge in [-0.25, -0.2) is 0 Å². The maximum Gasteiger partial charge on any atom is 0.234 e. The molecule has 2 aliphatic rings. The van der Waals surface area contributed by atoms with Crippen molar-refractivity contribution in [2.45, 2.75) is 63.6 Å². The van der Waals surface area contributed by atoms with Gasteiger partial charge in [-0.2, -0.15) is 0 Å². The minimum Gasteiger partial charge on any atom is -0.352 e. The molecular formula is C18H26N2O. The van der Waals surface area contributed by atoms with Gasteiger partial charge < -0.3 is 5.32 Å². The lowest BCUT2D eigenvalue weighted by atomic mass is 9.93. The summed E-state index contributed by atoms with van der Waals surface area (Å²) in [5, 5.41) is 3.13. The predicted molar refractivity (Wildman–Crippen MR) is 84.9 cm³/mol. The summed E-state index contributed by atoms with van der Waals surface area (Å²) in [6.45, 7) is 1.44. The summed E-state index contributed by atoms with van der Waals surface area (Å²) in [7, 11) is 0. The third-order valence-corrected chi connectivity index (χ3v) is 4.61. The number of nitrogens with one attached hydrogen (secondary N) is 1. The molecule has 0 aromatic heterocycles. The molecule has 3 nitrogen and oxygen atoms in total. The molecule has 0 aliphatic heterocycles. The van der Waals surface area contributed by atoms with E-state index >= 15 is 0 Å². The standard InChI is InChI=1S/C18H26N2O/c21-18(19-16-11-12-16)14-20(17-9-5-2-6-10-17)13-15-7-3-1-4-8-15/h1,3-4,7-8,16-17H,2,5-6,9-14H2,(H,19,21). The second kappa shape index (κ2) is 7.08. The normalized spacial score (nSPS) is 19.7. The third-order valence-electron chi connectivity index (χ3n) is 4.61. The van der Waals surface area contributed by atoms with E-state index in [9.17, 15) is 4.79 Å². The van der Waals surface area contributed by atoms with E-state index in [2.05, 4.69) is 34.5 Å². The molecule has 0 radical (unpaired) electrons. The first-order valence-corrected chi connectivity index (χ1v) is 8.38. The maximum atomic E-state index is 12.2. The largest absolute Gasteiger partial charge is 0.352 e. The molecule has 0 heterocycles. The van der Waals surface area contributed by atoms with Crippen molar-refractivity contribution in [2.75, 3.05) is 6.54 Å². The molecular weight excluding hydrogens is 260 g/mol. The van der Waals surface area contributed by atoms with Gasteiger partial charge in [0.05, 0.1) is 6.54 Å². The second-order valence-electron chi connectivity index (χ2n) is 6.52. The van der Waals surface area contributed by atoms with Crippen molar-refractivity contribution in [3.63, 3.8) is 0 Å². The minimum absolute atomic E-state index is 0.207. The summed E-state index contributed by atoms with van der Waals surface area (Å²) in [6, 6.07) is 11.6. The predicted octanol–water partition coefficient (Wildman–Crippen LogP) is 3.10. The number of benzene rings is 1. The Hall–Kier alpha value is -1.35. The van der Waals surface area contributed by atoms with Gasteiger partial charge in [0.15, 0.2) is 0 Å². The van der Waals surface area contributed by atoms with E-state index in [4.69, 9.17) is 0 Å². The molecule has 21 heavy (non-hydrogen) atoms. The average Bonchev–Trinajstić information content (AvgIpc) is 3.32. The average molecular weight is 286 g/mol. The van der Waals surface area contributed by atoms with Crippen LogP contribution in [-0.4, -0.2) is 29.4 Å². The van der Waals surface area contributed by atoms with Gasteiger partial charge in [-0.15, -0.1) is 0 Å². The Morgan fingerprint density at radius 3 is 2.43 bits per heavy atom. The Bertz CT molecular complexity index is 450. The number of hydrogen-bond donors (Lipinski definition) is 1. The van der Waals surface area contributed by atoms with Crippen LogP contribution in [0, 0.1) is 0 Å². The number of rotatable bonds is 6. The molecule has 0 saturated heterocycles. The lowest BCUT2D eigenvalue weighted by molar-refractivity contribution is -0.123. The third kappa shape index (κ3) is 4.57. The summed E-state index contributed by atoms with van der Waals surface area (Å²) in [4.78, 5) is 14.6. The minimum atomic E-state index is 0.207. The fourth-order valence-electron chi connectivity index (χ4n) is 3.26. The van der Waals surface area contributed by atoms with Gasteiger partial charge in [-0.05, 0) is 31.2 Å². The first kappa shape index (κ1) is 14.6. The van der Waals surface area contributed by atoms with Crippen LogP contribution < -0.4 is 5.32 Å². The first-order valence-electron chi connectivity index (χ1n) is 8.38. The molecule has 1 amide bonds. The van der Waals surface area contributed by atoms with Crippen LogP contribution >= 0.6 is 0 Å². The van der Waals surface area contributed by atoms with Crippen LogP contribution in [0.15, 0.2) is 30.3 Å². The summed E-state index contributed by atoms with van der Waals surface area (Å²) >= 11 is 0. The monoisotopic (exact) mass is 286 g/mol. The van der Waals surface area contributed by atoms with E-state index in [1.165, 1.54) is 37.7 Å². The van der Waals surface area contributed by atoms with Crippen molar-refractivity contribution < 1.29 is 4.79 Å². The molecule has 0 bridgehead atoms. The smallest absolute Gasteiger partial charge is 0.234 e. The highest BCUT2D eigenvalue weighted by molar-refractivity contribution is 5.78. The SMILES string of the molecule is O=C(CN(Cc1ccccc1)C1CCCCC1)NC1CC1. The molecule has 0 spiro atoms. The summed E-state index contributed by atoms with van der Waals surface area (Å²) < 4.78 is 0. The van der Waals surface area contributed by atoms with Crippen LogP contribution in [0.25, 0.3) is 0 Å². The Balaban J connectivity index is 1.62. The number of hydrogen-bond acceptors (Lipinski definition) is 2. The van der Waals surface area contributed by atoms with Crippen molar-refractivity contribution in [3.05, 3.63) is 35.9 Å². The van der Waals surface area contributed by atoms with Gasteiger partial charge in [0.1, 0.15) is 0 Å². The molecule has 2 saturated carbocycles. The fraction of sp³-hybridized carbons (Fsp3) is 0.611. The van der Waals surface area contributed by atoms with Crippen molar-refractivity contribution >= 4 is 5.91 Å². The molecule has 0 atom stereocenters. The lowest BCUT2D eigenvalue weighted by Gasteiger charge is -2.34. The molecule has 0 unspecified atom stereocenters. The van der Waals surface area contributed by atoms with Crippen molar-refractivity contribution in [1.29, 1.82) is 0 Å². The molecule has 114 valence electrons. The highest BCUT2D eigenvalue weighted by Crippen LogP contribution is 2.24. The molecule has 1 aromatic rings. The topological polar surface area (TPSA) is 32.3 Å². The van der Waals surface area contributed by atoms with Crippen LogP contribution in [0.1, 0.15) is 50.5 Å². The summed E-state index contributed by atoms with van der Waals surface area (Å²) in [6.07, 6.45) is 8.76. The zero-order chi connectivity index (χ0) is 14.5. The van der Waals surface area contributed by atoms with Crippen LogP contribution in [0.2, 0.25) is 0 Å². The van der Waals surface area contributed by atoms with Crippen molar-refractivity contribution in [2.24, 2.45) is 0 Å². The van der Waals surface area contributed by atoms with Crippen LogP contribution in [0.3, 0.4) is 0 Å². The highest BCUT2D eigenvalue weighted by atomic mass is 16.2. The molecule has 2 fully saturated rings. The van der Waals surface area contributed by atoms with Crippen LogP contribution in [0.4, 0.5) is 0 Å². The van der Waals surface area contributed by atoms with Gasteiger partial charge in [0.25, 0.3) is 0 Å². The van der Waals surface area contributed by atoms with Gasteiger partial charge in [0.2, 0.25) is 5.91 Å². The molecule has 1 N–H and O–H groups in total. The first-order chi connectivity index (χ1) is 10.3. The Labute approximate surface area is 127 Å². The highest BCUT2D eigenvalue weighted by Gasteiger charge is 2.27. The van der Waals surface area contributed by atoms with E-state index in [1.807, 2.05) is 6.07 Å². The second-order valence-corrected chi connectivity index (χ2v) is 6.52. The molecule has 3 rings (SSSR count). The van der Waals surface area contributed by atoms with Crippen molar-refractivity contribution in [3.8, 4) is 0 Å². The Kier molecular flexibility index (Phi) is 4.91. The number of nitrogens with zero attached hydrogens (tertiary/aromatic N) is 1. The van der Waals surface area contributed by atoms with E-state index in [-0.39, 0.29) is 5.91 Å². The number of amides is 1. The van der Waals surface area contributed by atoms with Crippen LogP contribution in [0.5, 0.6) is 0 Å². The molecule has 2 aliphatic carbocycles. The number of carbonyl (C=O) groups is 1. The zero-order valence-electron chi connectivity index (χ0n) is 12.8. The van der Waals surface area contributed by atoms with Gasteiger partial charge in [-0.1, -0.05) is 49.6 Å². The van der Waals surface area contributed by atoms with Gasteiger partial charge in [0, 0.05) is 18.6 Å². The van der Waals surface area contributed by atoms with E-state index in [0.717, 1.165) is 19.4 Å². The van der Waals surface area contributed by atoms with Gasteiger partial charge >= 0.3 is 0 Å². The summed E-state index contributed by atoms with van der Waals surface area (Å²) in [5.74, 6) is 0.207. The summed E-state index contributed by atoms with van der Waals surface area (Å²) in [5.41, 5.74) is 1.31. The lowest BCUT2D eigenvalue weighted by Crippen LogP contribution is -2.43. The van der Waals surface area contributed by atoms with E-state index in [1.54, 1.807) is 0 Å². The quantitative estimate of drug-likeness (QED) is 0.871. The fourth-order valence-corrected chi connectivity index (χ4v) is 3.26. The number of carbonyl (C=O) groups excluding carboxylic acids is 1. The molecule has 1 aromatic carbocycles. The molecule has 3 heteroatoms. The van der Waals surface area contributed by atoms with Crippen LogP contribution in [-0.2, 0) is 11.3 Å².